The molecule has 0 aliphatic carbocycles. The largest absolute Gasteiger partial charge is 0.435 e. The van der Waals surface area contributed by atoms with E-state index in [4.69, 9.17) is 11.6 Å². The molecule has 2 heterocycles. The summed E-state index contributed by atoms with van der Waals surface area (Å²) in [6.45, 7) is 0. The van der Waals surface area contributed by atoms with Crippen LogP contribution in [-0.2, 0) is 23.2 Å². The van der Waals surface area contributed by atoms with Gasteiger partial charge < -0.3 is 0 Å². The van der Waals surface area contributed by atoms with Crippen molar-refractivity contribution in [3.63, 3.8) is 0 Å². The summed E-state index contributed by atoms with van der Waals surface area (Å²) >= 11 is 5.77. The third-order valence-electron chi connectivity index (χ3n) is 2.04. The monoisotopic (exact) mass is 346 g/mol. The number of aromatic nitrogens is 3. The van der Waals surface area contributed by atoms with E-state index in [9.17, 15) is 21.6 Å². The highest BCUT2D eigenvalue weighted by Crippen LogP contribution is 2.39. The van der Waals surface area contributed by atoms with Crippen molar-refractivity contribution in [1.29, 1.82) is 0 Å². The number of aryl methyl sites for hydroxylation is 1. The molecular weight excluding hydrogens is 341 g/mol. The third-order valence-corrected chi connectivity index (χ3v) is 4.57. The van der Waals surface area contributed by atoms with Crippen LogP contribution in [-0.4, -0.2) is 23.2 Å². The van der Waals surface area contributed by atoms with E-state index in [-0.39, 0.29) is 5.03 Å². The Labute approximate surface area is 120 Å². The standard InChI is InChI=1S/C8H6ClF3N4O2S2/c1-16-3-2-4(14-16)20(17,18)15-7-13-5(6(9)19-7)8(10,11)12/h2-3H,1H3,(H,13,15). The molecule has 20 heavy (non-hydrogen) atoms. The van der Waals surface area contributed by atoms with Gasteiger partial charge in [0.05, 0.1) is 0 Å². The van der Waals surface area contributed by atoms with E-state index in [0.29, 0.717) is 11.3 Å². The lowest BCUT2D eigenvalue weighted by molar-refractivity contribution is -0.140. The summed E-state index contributed by atoms with van der Waals surface area (Å²) in [6.07, 6.45) is -3.37. The Hall–Kier alpha value is -1.33. The van der Waals surface area contributed by atoms with Gasteiger partial charge in [-0.25, -0.2) is 4.98 Å². The predicted octanol–water partition coefficient (Wildman–Crippen LogP) is 2.35. The zero-order chi connectivity index (χ0) is 15.1. The number of halogens is 4. The summed E-state index contributed by atoms with van der Waals surface area (Å²) in [5, 5.41) is 2.83. The molecule has 0 amide bonds. The van der Waals surface area contributed by atoms with Crippen LogP contribution in [0.25, 0.3) is 0 Å². The van der Waals surface area contributed by atoms with Crippen LogP contribution in [0.15, 0.2) is 17.3 Å². The van der Waals surface area contributed by atoms with Gasteiger partial charge in [-0.05, 0) is 6.07 Å². The molecule has 6 nitrogen and oxygen atoms in total. The molecule has 0 fully saturated rings. The fraction of sp³-hybridized carbons (Fsp3) is 0.250. The SMILES string of the molecule is Cn1ccc(S(=O)(=O)Nc2nc(C(F)(F)F)c(Cl)s2)n1. The Bertz CT molecular complexity index is 737. The highest BCUT2D eigenvalue weighted by atomic mass is 35.5. The molecule has 2 aromatic heterocycles. The molecule has 0 unspecified atom stereocenters. The van der Waals surface area contributed by atoms with Crippen LogP contribution in [0.1, 0.15) is 5.69 Å². The molecule has 2 rings (SSSR count). The van der Waals surface area contributed by atoms with Crippen LogP contribution in [0.2, 0.25) is 4.34 Å². The van der Waals surface area contributed by atoms with Crippen molar-refractivity contribution in [3.8, 4) is 0 Å². The third kappa shape index (κ3) is 3.04. The number of alkyl halides is 3. The van der Waals surface area contributed by atoms with E-state index in [1.54, 1.807) is 0 Å². The molecule has 110 valence electrons. The quantitative estimate of drug-likeness (QED) is 0.925. The first kappa shape index (κ1) is 15.1. The molecule has 0 aliphatic rings. The van der Waals surface area contributed by atoms with E-state index >= 15 is 0 Å². The van der Waals surface area contributed by atoms with Crippen LogP contribution in [0.5, 0.6) is 0 Å². The maximum Gasteiger partial charge on any atom is 0.435 e. The minimum Gasteiger partial charge on any atom is -0.274 e. The second-order valence-corrected chi connectivity index (χ2v) is 6.80. The van der Waals surface area contributed by atoms with Crippen molar-refractivity contribution < 1.29 is 21.6 Å². The van der Waals surface area contributed by atoms with Gasteiger partial charge in [0.15, 0.2) is 15.9 Å². The Morgan fingerprint density at radius 1 is 1.45 bits per heavy atom. The maximum absolute atomic E-state index is 12.5. The van der Waals surface area contributed by atoms with Crippen LogP contribution >= 0.6 is 22.9 Å². The van der Waals surface area contributed by atoms with Crippen LogP contribution in [0.3, 0.4) is 0 Å². The molecule has 0 saturated heterocycles. The zero-order valence-corrected chi connectivity index (χ0v) is 12.0. The van der Waals surface area contributed by atoms with Crippen LogP contribution in [0.4, 0.5) is 18.3 Å². The molecule has 1 N–H and O–H groups in total. The summed E-state index contributed by atoms with van der Waals surface area (Å²) in [5.41, 5.74) is -1.33. The lowest BCUT2D eigenvalue weighted by Gasteiger charge is -2.02. The van der Waals surface area contributed by atoms with Gasteiger partial charge in [-0.3, -0.25) is 9.40 Å². The summed E-state index contributed by atoms with van der Waals surface area (Å²) in [6, 6.07) is 1.20. The fourth-order valence-electron chi connectivity index (χ4n) is 1.22. The van der Waals surface area contributed by atoms with Crippen LogP contribution < -0.4 is 4.72 Å². The van der Waals surface area contributed by atoms with Crippen molar-refractivity contribution in [2.24, 2.45) is 7.05 Å². The molecule has 0 saturated carbocycles. The average Bonchev–Trinajstić information content (AvgIpc) is 2.84. The summed E-state index contributed by atoms with van der Waals surface area (Å²) in [7, 11) is -2.60. The molecule has 0 aromatic carbocycles. The molecule has 0 spiro atoms. The summed E-state index contributed by atoms with van der Waals surface area (Å²) in [5.74, 6) is 0. The van der Waals surface area contributed by atoms with Crippen molar-refractivity contribution in [2.75, 3.05) is 4.72 Å². The van der Waals surface area contributed by atoms with E-state index in [0.717, 1.165) is 0 Å². The molecular formula is C8H6ClF3N4O2S2. The number of nitrogens with zero attached hydrogens (tertiary/aromatic N) is 3. The number of rotatable bonds is 3. The number of hydrogen-bond acceptors (Lipinski definition) is 5. The molecule has 12 heteroatoms. The minimum absolute atomic E-state index is 0.333. The van der Waals surface area contributed by atoms with Gasteiger partial charge in [0, 0.05) is 13.2 Å². The minimum atomic E-state index is -4.75. The zero-order valence-electron chi connectivity index (χ0n) is 9.64. The molecule has 0 aliphatic heterocycles. The van der Waals surface area contributed by atoms with E-state index in [1.807, 2.05) is 4.72 Å². The topological polar surface area (TPSA) is 76.9 Å². The predicted molar refractivity (Wildman–Crippen MR) is 66.1 cm³/mol. The number of sulfonamides is 1. The van der Waals surface area contributed by atoms with Crippen molar-refractivity contribution in [2.45, 2.75) is 11.2 Å². The fourth-order valence-corrected chi connectivity index (χ4v) is 3.51. The van der Waals surface area contributed by atoms with E-state index in [2.05, 4.69) is 10.1 Å². The number of nitrogens with one attached hydrogen (secondary N) is 1. The highest BCUT2D eigenvalue weighted by Gasteiger charge is 2.37. The first-order valence-electron chi connectivity index (χ1n) is 4.85. The Kier molecular flexibility index (Phi) is 3.69. The second kappa shape index (κ2) is 4.90. The number of hydrogen-bond donors (Lipinski definition) is 1. The van der Waals surface area contributed by atoms with Gasteiger partial charge in [0.2, 0.25) is 0 Å². The Morgan fingerprint density at radius 3 is 2.55 bits per heavy atom. The maximum atomic E-state index is 12.5. The second-order valence-electron chi connectivity index (χ2n) is 3.57. The van der Waals surface area contributed by atoms with Gasteiger partial charge in [-0.15, -0.1) is 0 Å². The smallest absolute Gasteiger partial charge is 0.274 e. The van der Waals surface area contributed by atoms with Gasteiger partial charge in [0.1, 0.15) is 4.34 Å². The highest BCUT2D eigenvalue weighted by molar-refractivity contribution is 7.92. The van der Waals surface area contributed by atoms with Gasteiger partial charge >= 0.3 is 6.18 Å². The van der Waals surface area contributed by atoms with Gasteiger partial charge in [-0.2, -0.15) is 26.7 Å². The van der Waals surface area contributed by atoms with Gasteiger partial charge in [-0.1, -0.05) is 22.9 Å². The van der Waals surface area contributed by atoms with Gasteiger partial charge in [0.25, 0.3) is 10.0 Å². The average molecular weight is 347 g/mol. The Balaban J connectivity index is 2.31. The molecule has 0 bridgehead atoms. The Morgan fingerprint density at radius 2 is 2.10 bits per heavy atom. The van der Waals surface area contributed by atoms with Crippen molar-refractivity contribution in [3.05, 3.63) is 22.3 Å². The number of thiazole rings is 1. The molecule has 0 atom stereocenters. The normalized spacial score (nSPS) is 12.7. The van der Waals surface area contributed by atoms with Crippen molar-refractivity contribution in [1.82, 2.24) is 14.8 Å². The number of anilines is 1. The first-order chi connectivity index (χ1) is 9.09. The van der Waals surface area contributed by atoms with Crippen LogP contribution in [0, 0.1) is 0 Å². The summed E-state index contributed by atoms with van der Waals surface area (Å²) < 4.78 is 63.6. The van der Waals surface area contributed by atoms with E-state index in [1.165, 1.54) is 24.0 Å². The van der Waals surface area contributed by atoms with Crippen molar-refractivity contribution >= 4 is 38.1 Å². The van der Waals surface area contributed by atoms with E-state index < -0.39 is 31.4 Å². The first-order valence-corrected chi connectivity index (χ1v) is 7.53. The molecule has 0 radical (unpaired) electrons. The molecule has 2 aromatic rings. The lowest BCUT2D eigenvalue weighted by Crippen LogP contribution is -2.14. The lowest BCUT2D eigenvalue weighted by atomic mass is 10.5. The summed E-state index contributed by atoms with van der Waals surface area (Å²) in [4.78, 5) is 3.14.